The predicted molar refractivity (Wildman–Crippen MR) is 66.7 cm³/mol. The van der Waals surface area contributed by atoms with Crippen LogP contribution in [-0.2, 0) is 4.79 Å². The molecule has 0 bridgehead atoms. The number of carbonyl (C=O) groups is 1. The molecule has 0 saturated heterocycles. The van der Waals surface area contributed by atoms with E-state index in [4.69, 9.17) is 5.11 Å². The molecule has 0 fully saturated rings. The van der Waals surface area contributed by atoms with Gasteiger partial charge in [0.15, 0.2) is 0 Å². The average Bonchev–Trinajstić information content (AvgIpc) is 2.24. The number of carboxylic acid groups (broad SMARTS) is 1. The lowest BCUT2D eigenvalue weighted by atomic mass is 9.78. The van der Waals surface area contributed by atoms with E-state index in [2.05, 4.69) is 0 Å². The maximum atomic E-state index is 11.0. The first kappa shape index (κ1) is 16.4. The van der Waals surface area contributed by atoms with Crippen LogP contribution < -0.4 is 0 Å². The van der Waals surface area contributed by atoms with Crippen molar-refractivity contribution in [2.45, 2.75) is 65.6 Å². The van der Waals surface area contributed by atoms with Crippen molar-refractivity contribution in [2.75, 3.05) is 0 Å². The van der Waals surface area contributed by atoms with E-state index in [0.717, 1.165) is 12.8 Å². The molecule has 102 valence electrons. The number of aliphatic carboxylic acids is 1. The van der Waals surface area contributed by atoms with Crippen LogP contribution in [0.2, 0.25) is 0 Å². The first-order chi connectivity index (χ1) is 7.73. The van der Waals surface area contributed by atoms with Crippen LogP contribution >= 0.6 is 0 Å². The summed E-state index contributed by atoms with van der Waals surface area (Å²) in [7, 11) is 0. The molecule has 4 heteroatoms. The van der Waals surface area contributed by atoms with Crippen molar-refractivity contribution < 1.29 is 20.1 Å². The third-order valence-corrected chi connectivity index (χ3v) is 3.41. The summed E-state index contributed by atoms with van der Waals surface area (Å²) in [5, 5.41) is 28.6. The standard InChI is InChI=1S/C13H26O4/c1-5-6-10(14)8-7-9(2)11(15)13(3,4)12(16)17/h9-11,14-15H,5-8H2,1-4H3,(H,16,17). The number of aliphatic hydroxyl groups is 2. The second-order valence-corrected chi connectivity index (χ2v) is 5.47. The minimum Gasteiger partial charge on any atom is -0.481 e. The number of hydrogen-bond acceptors (Lipinski definition) is 3. The Bertz CT molecular complexity index is 238. The Kier molecular flexibility index (Phi) is 6.72. The van der Waals surface area contributed by atoms with Crippen LogP contribution in [-0.4, -0.2) is 33.5 Å². The lowest BCUT2D eigenvalue weighted by Crippen LogP contribution is -2.41. The summed E-state index contributed by atoms with van der Waals surface area (Å²) in [6, 6.07) is 0. The van der Waals surface area contributed by atoms with E-state index >= 15 is 0 Å². The predicted octanol–water partition coefficient (Wildman–Crippen LogP) is 2.04. The Balaban J connectivity index is 4.23. The summed E-state index contributed by atoms with van der Waals surface area (Å²) in [6.45, 7) is 6.89. The zero-order chi connectivity index (χ0) is 13.6. The van der Waals surface area contributed by atoms with Crippen LogP contribution in [0.25, 0.3) is 0 Å². The van der Waals surface area contributed by atoms with E-state index in [1.807, 2.05) is 13.8 Å². The molecule has 17 heavy (non-hydrogen) atoms. The van der Waals surface area contributed by atoms with Gasteiger partial charge in [0.05, 0.1) is 17.6 Å². The molecule has 0 aromatic carbocycles. The smallest absolute Gasteiger partial charge is 0.311 e. The van der Waals surface area contributed by atoms with Gasteiger partial charge in [-0.15, -0.1) is 0 Å². The first-order valence-electron chi connectivity index (χ1n) is 6.33. The minimum atomic E-state index is -1.14. The number of aliphatic hydroxyl groups excluding tert-OH is 2. The van der Waals surface area contributed by atoms with Crippen molar-refractivity contribution in [1.82, 2.24) is 0 Å². The maximum Gasteiger partial charge on any atom is 0.311 e. The Morgan fingerprint density at radius 1 is 1.18 bits per heavy atom. The normalized spacial score (nSPS) is 17.5. The summed E-state index contributed by atoms with van der Waals surface area (Å²) in [4.78, 5) is 11.0. The van der Waals surface area contributed by atoms with E-state index in [9.17, 15) is 15.0 Å². The second kappa shape index (κ2) is 6.97. The van der Waals surface area contributed by atoms with Gasteiger partial charge in [-0.2, -0.15) is 0 Å². The van der Waals surface area contributed by atoms with Gasteiger partial charge in [0.25, 0.3) is 0 Å². The highest BCUT2D eigenvalue weighted by molar-refractivity contribution is 5.74. The highest BCUT2D eigenvalue weighted by Crippen LogP contribution is 2.29. The van der Waals surface area contributed by atoms with Crippen LogP contribution in [0.1, 0.15) is 53.4 Å². The molecular formula is C13H26O4. The van der Waals surface area contributed by atoms with E-state index in [1.54, 1.807) is 0 Å². The monoisotopic (exact) mass is 246 g/mol. The van der Waals surface area contributed by atoms with Gasteiger partial charge in [-0.3, -0.25) is 4.79 Å². The van der Waals surface area contributed by atoms with Crippen LogP contribution in [0.15, 0.2) is 0 Å². The Morgan fingerprint density at radius 2 is 1.71 bits per heavy atom. The third-order valence-electron chi connectivity index (χ3n) is 3.41. The van der Waals surface area contributed by atoms with Crippen LogP contribution in [0.4, 0.5) is 0 Å². The van der Waals surface area contributed by atoms with Crippen molar-refractivity contribution in [1.29, 1.82) is 0 Å². The molecule has 0 aliphatic carbocycles. The summed E-state index contributed by atoms with van der Waals surface area (Å²) in [6.07, 6.45) is 1.70. The lowest BCUT2D eigenvalue weighted by Gasteiger charge is -2.31. The van der Waals surface area contributed by atoms with E-state index in [1.165, 1.54) is 13.8 Å². The highest BCUT2D eigenvalue weighted by atomic mass is 16.4. The number of rotatable bonds is 8. The summed E-state index contributed by atoms with van der Waals surface area (Å²) >= 11 is 0. The van der Waals surface area contributed by atoms with Gasteiger partial charge in [-0.1, -0.05) is 20.3 Å². The lowest BCUT2D eigenvalue weighted by molar-refractivity contribution is -0.155. The topological polar surface area (TPSA) is 77.8 Å². The fourth-order valence-electron chi connectivity index (χ4n) is 1.93. The number of hydrogen-bond donors (Lipinski definition) is 3. The van der Waals surface area contributed by atoms with Crippen molar-refractivity contribution in [3.63, 3.8) is 0 Å². The molecule has 3 atom stereocenters. The largest absolute Gasteiger partial charge is 0.481 e. The van der Waals surface area contributed by atoms with Gasteiger partial charge >= 0.3 is 5.97 Å². The molecule has 0 aliphatic heterocycles. The van der Waals surface area contributed by atoms with Crippen molar-refractivity contribution >= 4 is 5.97 Å². The van der Waals surface area contributed by atoms with Gasteiger partial charge in [-0.05, 0) is 39.0 Å². The molecular weight excluding hydrogens is 220 g/mol. The SMILES string of the molecule is CCCC(O)CCC(C)C(O)C(C)(C)C(=O)O. The van der Waals surface area contributed by atoms with Gasteiger partial charge in [0.2, 0.25) is 0 Å². The summed E-state index contributed by atoms with van der Waals surface area (Å²) in [5.74, 6) is -1.13. The molecule has 4 nitrogen and oxygen atoms in total. The highest BCUT2D eigenvalue weighted by Gasteiger charge is 2.38. The van der Waals surface area contributed by atoms with Crippen LogP contribution in [0, 0.1) is 11.3 Å². The molecule has 0 rings (SSSR count). The molecule has 3 unspecified atom stereocenters. The third kappa shape index (κ3) is 5.04. The summed E-state index contributed by atoms with van der Waals surface area (Å²) in [5.41, 5.74) is -1.14. The zero-order valence-electron chi connectivity index (χ0n) is 11.3. The Morgan fingerprint density at radius 3 is 2.12 bits per heavy atom. The molecule has 0 spiro atoms. The average molecular weight is 246 g/mol. The van der Waals surface area contributed by atoms with E-state index in [-0.39, 0.29) is 12.0 Å². The van der Waals surface area contributed by atoms with Gasteiger partial charge in [0, 0.05) is 0 Å². The fraction of sp³-hybridized carbons (Fsp3) is 0.923. The summed E-state index contributed by atoms with van der Waals surface area (Å²) < 4.78 is 0. The van der Waals surface area contributed by atoms with Crippen LogP contribution in [0.3, 0.4) is 0 Å². The molecule has 0 saturated carbocycles. The maximum absolute atomic E-state index is 11.0. The van der Waals surface area contributed by atoms with Crippen molar-refractivity contribution in [3.8, 4) is 0 Å². The molecule has 0 aromatic heterocycles. The number of carboxylic acids is 1. The Hall–Kier alpha value is -0.610. The second-order valence-electron chi connectivity index (χ2n) is 5.47. The van der Waals surface area contributed by atoms with Crippen molar-refractivity contribution in [3.05, 3.63) is 0 Å². The van der Waals surface area contributed by atoms with Gasteiger partial charge < -0.3 is 15.3 Å². The molecule has 0 radical (unpaired) electrons. The van der Waals surface area contributed by atoms with Gasteiger partial charge in [-0.25, -0.2) is 0 Å². The van der Waals surface area contributed by atoms with E-state index < -0.39 is 17.5 Å². The molecule has 0 heterocycles. The van der Waals surface area contributed by atoms with E-state index in [0.29, 0.717) is 12.8 Å². The molecule has 0 amide bonds. The quantitative estimate of drug-likeness (QED) is 0.612. The molecule has 3 N–H and O–H groups in total. The molecule has 0 aliphatic rings. The first-order valence-corrected chi connectivity index (χ1v) is 6.33. The van der Waals surface area contributed by atoms with Gasteiger partial charge in [0.1, 0.15) is 0 Å². The van der Waals surface area contributed by atoms with Crippen molar-refractivity contribution in [2.24, 2.45) is 11.3 Å². The Labute approximate surface area is 104 Å². The minimum absolute atomic E-state index is 0.132. The fourth-order valence-corrected chi connectivity index (χ4v) is 1.93. The zero-order valence-corrected chi connectivity index (χ0v) is 11.3. The molecule has 0 aromatic rings. The van der Waals surface area contributed by atoms with Crippen LogP contribution in [0.5, 0.6) is 0 Å².